The number of nitrogens with zero attached hydrogens (tertiary/aromatic N) is 4. The molecule has 6 nitrogen and oxygen atoms in total. The number of benzene rings is 1. The average molecular weight is 507 g/mol. The lowest BCUT2D eigenvalue weighted by Crippen LogP contribution is -2.47. The van der Waals surface area contributed by atoms with E-state index in [1.54, 1.807) is 0 Å². The van der Waals surface area contributed by atoms with Crippen LogP contribution in [0.4, 0.5) is 17.6 Å². The summed E-state index contributed by atoms with van der Waals surface area (Å²) in [5.74, 6) is 3.78. The van der Waals surface area contributed by atoms with Crippen LogP contribution in [0, 0.1) is 11.8 Å². The van der Waals surface area contributed by atoms with Crippen molar-refractivity contribution >= 4 is 17.6 Å². The van der Waals surface area contributed by atoms with Gasteiger partial charge in [0.05, 0.1) is 0 Å². The highest BCUT2D eigenvalue weighted by atomic mass is 15.3. The van der Waals surface area contributed by atoms with Crippen molar-refractivity contribution < 1.29 is 0 Å². The molecule has 37 heavy (non-hydrogen) atoms. The SMILES string of the molecule is CC(C)CN1CCN(c2cc(N)nc(NCc3ccc(CCCCCCC4CCCCC4)cc3)n2)CC1. The van der Waals surface area contributed by atoms with E-state index in [-0.39, 0.29) is 0 Å². The lowest BCUT2D eigenvalue weighted by Gasteiger charge is -2.36. The summed E-state index contributed by atoms with van der Waals surface area (Å²) >= 11 is 0. The van der Waals surface area contributed by atoms with Crippen LogP contribution in [0.3, 0.4) is 0 Å². The number of nitrogens with one attached hydrogen (secondary N) is 1. The van der Waals surface area contributed by atoms with E-state index < -0.39 is 0 Å². The minimum Gasteiger partial charge on any atom is -0.383 e. The maximum Gasteiger partial charge on any atom is 0.226 e. The summed E-state index contributed by atoms with van der Waals surface area (Å²) in [5.41, 5.74) is 8.82. The molecule has 2 heterocycles. The monoisotopic (exact) mass is 506 g/mol. The number of hydrogen-bond donors (Lipinski definition) is 2. The molecule has 2 aromatic rings. The van der Waals surface area contributed by atoms with Gasteiger partial charge < -0.3 is 16.0 Å². The number of unbranched alkanes of at least 4 members (excludes halogenated alkanes) is 3. The Morgan fingerprint density at radius 1 is 0.892 bits per heavy atom. The highest BCUT2D eigenvalue weighted by Gasteiger charge is 2.19. The van der Waals surface area contributed by atoms with E-state index in [0.29, 0.717) is 24.2 Å². The average Bonchev–Trinajstić information content (AvgIpc) is 2.90. The van der Waals surface area contributed by atoms with Crippen molar-refractivity contribution in [3.8, 4) is 0 Å². The second kappa shape index (κ2) is 14.6. The van der Waals surface area contributed by atoms with Gasteiger partial charge in [-0.25, -0.2) is 0 Å². The lowest BCUT2D eigenvalue weighted by molar-refractivity contribution is 0.231. The molecule has 0 atom stereocenters. The lowest BCUT2D eigenvalue weighted by atomic mass is 9.85. The Balaban J connectivity index is 1.16. The quantitative estimate of drug-likeness (QED) is 0.301. The molecule has 2 fully saturated rings. The third-order valence-corrected chi connectivity index (χ3v) is 8.08. The van der Waals surface area contributed by atoms with Crippen molar-refractivity contribution in [2.75, 3.05) is 48.7 Å². The molecule has 0 unspecified atom stereocenters. The Kier molecular flexibility index (Phi) is 10.9. The molecular formula is C31H50N6. The molecule has 0 radical (unpaired) electrons. The fraction of sp³-hybridized carbons (Fsp3) is 0.677. The maximum atomic E-state index is 6.13. The molecule has 0 amide bonds. The van der Waals surface area contributed by atoms with Crippen LogP contribution in [0.25, 0.3) is 0 Å². The number of hydrogen-bond acceptors (Lipinski definition) is 6. The van der Waals surface area contributed by atoms with Gasteiger partial charge in [-0.1, -0.05) is 95.9 Å². The van der Waals surface area contributed by atoms with E-state index in [2.05, 4.69) is 58.2 Å². The molecule has 204 valence electrons. The standard InChI is InChI=1S/C31H50N6/c1-25(2)24-36-18-20-37(21-19-36)30-22-29(32)34-31(35-30)33-23-28-16-14-27(15-17-28)13-7-4-3-6-10-26-11-8-5-9-12-26/h14-17,22,25-26H,3-13,18-21,23-24H2,1-2H3,(H3,32,33,34,35). The molecule has 6 heteroatoms. The van der Waals surface area contributed by atoms with Gasteiger partial charge in [0.2, 0.25) is 5.95 Å². The molecule has 1 aromatic carbocycles. The first-order valence-electron chi connectivity index (χ1n) is 15.0. The van der Waals surface area contributed by atoms with Crippen molar-refractivity contribution in [2.24, 2.45) is 11.8 Å². The van der Waals surface area contributed by atoms with Crippen molar-refractivity contribution in [2.45, 2.75) is 91.0 Å². The Bertz CT molecular complexity index is 914. The molecular weight excluding hydrogens is 456 g/mol. The number of anilines is 3. The van der Waals surface area contributed by atoms with Crippen LogP contribution in [-0.2, 0) is 13.0 Å². The largest absolute Gasteiger partial charge is 0.383 e. The first kappa shape index (κ1) is 27.7. The van der Waals surface area contributed by atoms with Crippen LogP contribution in [0.1, 0.15) is 89.2 Å². The summed E-state index contributed by atoms with van der Waals surface area (Å²) in [6.45, 7) is 10.5. The molecule has 0 spiro atoms. The summed E-state index contributed by atoms with van der Waals surface area (Å²) in [6.07, 6.45) is 15.5. The Morgan fingerprint density at radius 2 is 1.59 bits per heavy atom. The van der Waals surface area contributed by atoms with Crippen LogP contribution in [-0.4, -0.2) is 47.6 Å². The van der Waals surface area contributed by atoms with Gasteiger partial charge in [-0.15, -0.1) is 0 Å². The van der Waals surface area contributed by atoms with Crippen molar-refractivity contribution in [3.05, 3.63) is 41.5 Å². The van der Waals surface area contributed by atoms with E-state index in [1.165, 1.54) is 81.8 Å². The summed E-state index contributed by atoms with van der Waals surface area (Å²) in [7, 11) is 0. The smallest absolute Gasteiger partial charge is 0.226 e. The van der Waals surface area contributed by atoms with E-state index in [9.17, 15) is 0 Å². The van der Waals surface area contributed by atoms with E-state index in [1.807, 2.05) is 6.07 Å². The number of nitrogen functional groups attached to an aromatic ring is 1. The van der Waals surface area contributed by atoms with E-state index in [4.69, 9.17) is 10.7 Å². The Hall–Kier alpha value is -2.34. The fourth-order valence-electron chi connectivity index (χ4n) is 5.97. The minimum atomic E-state index is 0.520. The normalized spacial score (nSPS) is 17.4. The number of nitrogens with two attached hydrogens (primary N) is 1. The van der Waals surface area contributed by atoms with Gasteiger partial charge in [-0.3, -0.25) is 4.90 Å². The van der Waals surface area contributed by atoms with E-state index >= 15 is 0 Å². The van der Waals surface area contributed by atoms with Gasteiger partial charge >= 0.3 is 0 Å². The van der Waals surface area contributed by atoms with E-state index in [0.717, 1.165) is 44.5 Å². The zero-order valence-electron chi connectivity index (χ0n) is 23.4. The predicted octanol–water partition coefficient (Wildman–Crippen LogP) is 6.52. The molecule has 2 aliphatic rings. The third-order valence-electron chi connectivity index (χ3n) is 8.08. The van der Waals surface area contributed by atoms with Gasteiger partial charge in [-0.05, 0) is 35.8 Å². The third kappa shape index (κ3) is 9.48. The number of rotatable bonds is 13. The maximum absolute atomic E-state index is 6.13. The summed E-state index contributed by atoms with van der Waals surface area (Å²) in [4.78, 5) is 14.1. The molecule has 1 aromatic heterocycles. The van der Waals surface area contributed by atoms with Crippen molar-refractivity contribution in [1.29, 1.82) is 0 Å². The number of aromatic nitrogens is 2. The van der Waals surface area contributed by atoms with Crippen LogP contribution in [0.2, 0.25) is 0 Å². The van der Waals surface area contributed by atoms with Gasteiger partial charge in [0.25, 0.3) is 0 Å². The van der Waals surface area contributed by atoms with Gasteiger partial charge in [0.15, 0.2) is 0 Å². The second-order valence-electron chi connectivity index (χ2n) is 11.8. The second-order valence-corrected chi connectivity index (χ2v) is 11.8. The zero-order chi connectivity index (χ0) is 25.9. The van der Waals surface area contributed by atoms with Crippen LogP contribution in [0.15, 0.2) is 30.3 Å². The number of aryl methyl sites for hydroxylation is 1. The van der Waals surface area contributed by atoms with Crippen LogP contribution >= 0.6 is 0 Å². The molecule has 1 aliphatic heterocycles. The minimum absolute atomic E-state index is 0.520. The molecule has 1 saturated heterocycles. The number of piperazine rings is 1. The first-order chi connectivity index (χ1) is 18.0. The molecule has 3 N–H and O–H groups in total. The topological polar surface area (TPSA) is 70.3 Å². The highest BCUT2D eigenvalue weighted by molar-refractivity contribution is 5.52. The summed E-state index contributed by atoms with van der Waals surface area (Å²) < 4.78 is 0. The van der Waals surface area contributed by atoms with Gasteiger partial charge in [0.1, 0.15) is 11.6 Å². The summed E-state index contributed by atoms with van der Waals surface area (Å²) in [5, 5.41) is 3.39. The van der Waals surface area contributed by atoms with Crippen LogP contribution in [0.5, 0.6) is 0 Å². The fourth-order valence-corrected chi connectivity index (χ4v) is 5.97. The van der Waals surface area contributed by atoms with Crippen LogP contribution < -0.4 is 16.0 Å². The zero-order valence-corrected chi connectivity index (χ0v) is 23.4. The molecule has 1 aliphatic carbocycles. The van der Waals surface area contributed by atoms with Gasteiger partial charge in [0, 0.05) is 45.3 Å². The summed E-state index contributed by atoms with van der Waals surface area (Å²) in [6, 6.07) is 10.9. The molecule has 0 bridgehead atoms. The van der Waals surface area contributed by atoms with Crippen molar-refractivity contribution in [3.63, 3.8) is 0 Å². The molecule has 1 saturated carbocycles. The highest BCUT2D eigenvalue weighted by Crippen LogP contribution is 2.28. The van der Waals surface area contributed by atoms with Crippen molar-refractivity contribution in [1.82, 2.24) is 14.9 Å². The Morgan fingerprint density at radius 3 is 2.32 bits per heavy atom. The Labute approximate surface area is 225 Å². The first-order valence-corrected chi connectivity index (χ1v) is 15.0. The van der Waals surface area contributed by atoms with Gasteiger partial charge in [-0.2, -0.15) is 9.97 Å². The molecule has 4 rings (SSSR count). The predicted molar refractivity (Wildman–Crippen MR) is 157 cm³/mol.